The molecule has 0 fully saturated rings. The van der Waals surface area contributed by atoms with Gasteiger partial charge >= 0.3 is 5.97 Å². The van der Waals surface area contributed by atoms with Gasteiger partial charge in [0.25, 0.3) is 5.91 Å². The molecule has 20 heavy (non-hydrogen) atoms. The number of ether oxygens (including phenoxy) is 1. The van der Waals surface area contributed by atoms with Gasteiger partial charge < -0.3 is 14.7 Å². The zero-order chi connectivity index (χ0) is 14.7. The summed E-state index contributed by atoms with van der Waals surface area (Å²) in [5.74, 6) is -0.808. The van der Waals surface area contributed by atoms with Gasteiger partial charge in [-0.3, -0.25) is 4.79 Å². The SMILES string of the molecule is C=CCN1C(=O)/C(=C/C(=O)OCC)c2ccc(O)cc21. The first-order valence-corrected chi connectivity index (χ1v) is 6.23. The van der Waals surface area contributed by atoms with Gasteiger partial charge in [0.2, 0.25) is 0 Å². The average molecular weight is 273 g/mol. The van der Waals surface area contributed by atoms with Crippen LogP contribution < -0.4 is 4.90 Å². The standard InChI is InChI=1S/C15H15NO4/c1-3-7-16-13-8-10(17)5-6-11(13)12(15(16)19)9-14(18)20-4-2/h3,5-6,8-9,17H,1,4,7H2,2H3/b12-9+. The zero-order valence-corrected chi connectivity index (χ0v) is 11.1. The number of hydrogen-bond donors (Lipinski definition) is 1. The summed E-state index contributed by atoms with van der Waals surface area (Å²) < 4.78 is 4.83. The number of hydrogen-bond acceptors (Lipinski definition) is 4. The Morgan fingerprint density at radius 3 is 2.90 bits per heavy atom. The molecule has 0 atom stereocenters. The molecule has 0 unspecified atom stereocenters. The summed E-state index contributed by atoms with van der Waals surface area (Å²) in [6, 6.07) is 4.57. The van der Waals surface area contributed by atoms with Crippen molar-refractivity contribution in [2.45, 2.75) is 6.92 Å². The lowest BCUT2D eigenvalue weighted by Crippen LogP contribution is -2.26. The molecule has 5 heteroatoms. The molecule has 2 rings (SSSR count). The molecule has 0 bridgehead atoms. The van der Waals surface area contributed by atoms with Crippen LogP contribution in [0.25, 0.3) is 5.57 Å². The van der Waals surface area contributed by atoms with E-state index in [1.807, 2.05) is 0 Å². The molecular weight excluding hydrogens is 258 g/mol. The number of anilines is 1. The smallest absolute Gasteiger partial charge is 0.331 e. The van der Waals surface area contributed by atoms with E-state index in [4.69, 9.17) is 4.74 Å². The first kappa shape index (κ1) is 13.9. The highest BCUT2D eigenvalue weighted by molar-refractivity contribution is 6.34. The Morgan fingerprint density at radius 1 is 1.50 bits per heavy atom. The van der Waals surface area contributed by atoms with Gasteiger partial charge in [-0.2, -0.15) is 0 Å². The maximum absolute atomic E-state index is 12.3. The fraction of sp³-hybridized carbons (Fsp3) is 0.200. The zero-order valence-electron chi connectivity index (χ0n) is 11.1. The number of aromatic hydroxyl groups is 1. The van der Waals surface area contributed by atoms with Crippen molar-refractivity contribution in [3.8, 4) is 5.75 Å². The predicted molar refractivity (Wildman–Crippen MR) is 75.3 cm³/mol. The Balaban J connectivity index is 2.48. The van der Waals surface area contributed by atoms with E-state index in [0.717, 1.165) is 0 Å². The van der Waals surface area contributed by atoms with Crippen molar-refractivity contribution in [2.75, 3.05) is 18.1 Å². The number of phenolic OH excluding ortho intramolecular Hbond substituents is 1. The van der Waals surface area contributed by atoms with Crippen LogP contribution in [0.2, 0.25) is 0 Å². The van der Waals surface area contributed by atoms with Crippen molar-refractivity contribution < 1.29 is 19.4 Å². The number of phenols is 1. The number of nitrogens with zero attached hydrogens (tertiary/aromatic N) is 1. The van der Waals surface area contributed by atoms with E-state index in [0.29, 0.717) is 17.8 Å². The van der Waals surface area contributed by atoms with Crippen LogP contribution in [0.15, 0.2) is 36.9 Å². The number of esters is 1. The Hall–Kier alpha value is -2.56. The van der Waals surface area contributed by atoms with Crippen LogP contribution >= 0.6 is 0 Å². The van der Waals surface area contributed by atoms with Gasteiger partial charge in [-0.1, -0.05) is 6.08 Å². The minimum Gasteiger partial charge on any atom is -0.508 e. The van der Waals surface area contributed by atoms with Crippen LogP contribution in [-0.4, -0.2) is 30.1 Å². The quantitative estimate of drug-likeness (QED) is 0.516. The molecule has 104 valence electrons. The van der Waals surface area contributed by atoms with E-state index in [9.17, 15) is 14.7 Å². The Labute approximate surface area is 116 Å². The molecule has 0 saturated heterocycles. The van der Waals surface area contributed by atoms with Crippen LogP contribution in [0.3, 0.4) is 0 Å². The number of rotatable bonds is 4. The topological polar surface area (TPSA) is 66.8 Å². The minimum atomic E-state index is -0.560. The van der Waals surface area contributed by atoms with Crippen molar-refractivity contribution in [1.82, 2.24) is 0 Å². The molecule has 0 aromatic heterocycles. The second-order valence-electron chi connectivity index (χ2n) is 4.22. The fourth-order valence-electron chi connectivity index (χ4n) is 2.09. The number of carbonyl (C=O) groups excluding carboxylic acids is 2. The van der Waals surface area contributed by atoms with Gasteiger partial charge in [0.15, 0.2) is 0 Å². The number of fused-ring (bicyclic) bond motifs is 1. The van der Waals surface area contributed by atoms with E-state index in [1.165, 1.54) is 23.1 Å². The van der Waals surface area contributed by atoms with E-state index in [2.05, 4.69) is 6.58 Å². The molecule has 1 aromatic rings. The predicted octanol–water partition coefficient (Wildman–Crippen LogP) is 1.87. The van der Waals surface area contributed by atoms with E-state index in [1.54, 1.807) is 19.1 Å². The maximum atomic E-state index is 12.3. The lowest BCUT2D eigenvalue weighted by atomic mass is 10.1. The summed E-state index contributed by atoms with van der Waals surface area (Å²) in [5, 5.41) is 9.55. The number of amides is 1. The van der Waals surface area contributed by atoms with Crippen LogP contribution in [0, 0.1) is 0 Å². The first-order valence-electron chi connectivity index (χ1n) is 6.23. The van der Waals surface area contributed by atoms with Gasteiger partial charge in [-0.25, -0.2) is 4.79 Å². The second kappa shape index (κ2) is 5.61. The third kappa shape index (κ3) is 2.42. The molecule has 1 heterocycles. The molecule has 0 saturated carbocycles. The summed E-state index contributed by atoms with van der Waals surface area (Å²) in [4.78, 5) is 25.3. The fourth-order valence-corrected chi connectivity index (χ4v) is 2.09. The molecular formula is C15H15NO4. The number of benzene rings is 1. The highest BCUT2D eigenvalue weighted by Gasteiger charge is 2.32. The van der Waals surface area contributed by atoms with E-state index in [-0.39, 0.29) is 23.8 Å². The molecule has 0 spiro atoms. The molecule has 1 aliphatic rings. The normalized spacial score (nSPS) is 15.3. The third-order valence-corrected chi connectivity index (χ3v) is 2.90. The summed E-state index contributed by atoms with van der Waals surface area (Å²) in [5.41, 5.74) is 1.42. The lowest BCUT2D eigenvalue weighted by Gasteiger charge is -2.14. The molecule has 1 N–H and O–H groups in total. The summed E-state index contributed by atoms with van der Waals surface area (Å²) >= 11 is 0. The number of carbonyl (C=O) groups is 2. The van der Waals surface area contributed by atoms with Crippen LogP contribution in [0.4, 0.5) is 5.69 Å². The summed E-state index contributed by atoms with van der Waals surface area (Å²) in [6.45, 7) is 5.85. The van der Waals surface area contributed by atoms with Crippen molar-refractivity contribution in [3.05, 3.63) is 42.5 Å². The molecule has 0 aliphatic carbocycles. The van der Waals surface area contributed by atoms with Crippen molar-refractivity contribution >= 4 is 23.1 Å². The molecule has 1 amide bonds. The monoisotopic (exact) mass is 273 g/mol. The van der Waals surface area contributed by atoms with E-state index >= 15 is 0 Å². The largest absolute Gasteiger partial charge is 0.508 e. The summed E-state index contributed by atoms with van der Waals surface area (Å²) in [7, 11) is 0. The van der Waals surface area contributed by atoms with Crippen molar-refractivity contribution in [2.24, 2.45) is 0 Å². The average Bonchev–Trinajstić information content (AvgIpc) is 2.65. The second-order valence-corrected chi connectivity index (χ2v) is 4.22. The molecule has 5 nitrogen and oxygen atoms in total. The van der Waals surface area contributed by atoms with Gasteiger partial charge in [0.1, 0.15) is 5.75 Å². The lowest BCUT2D eigenvalue weighted by molar-refractivity contribution is -0.137. The first-order chi connectivity index (χ1) is 9.58. The summed E-state index contributed by atoms with van der Waals surface area (Å²) in [6.07, 6.45) is 2.77. The van der Waals surface area contributed by atoms with Crippen molar-refractivity contribution in [3.63, 3.8) is 0 Å². The van der Waals surface area contributed by atoms with Crippen LogP contribution in [-0.2, 0) is 14.3 Å². The van der Waals surface area contributed by atoms with Gasteiger partial charge in [0, 0.05) is 24.3 Å². The van der Waals surface area contributed by atoms with Gasteiger partial charge in [-0.05, 0) is 19.1 Å². The highest BCUT2D eigenvalue weighted by Crippen LogP contribution is 2.38. The Kier molecular flexibility index (Phi) is 3.89. The molecule has 0 radical (unpaired) electrons. The highest BCUT2D eigenvalue weighted by atomic mass is 16.5. The van der Waals surface area contributed by atoms with Gasteiger partial charge in [-0.15, -0.1) is 6.58 Å². The minimum absolute atomic E-state index is 0.0583. The third-order valence-electron chi connectivity index (χ3n) is 2.90. The Bertz CT molecular complexity index is 604. The maximum Gasteiger partial charge on any atom is 0.331 e. The van der Waals surface area contributed by atoms with Crippen LogP contribution in [0.1, 0.15) is 12.5 Å². The van der Waals surface area contributed by atoms with Crippen LogP contribution in [0.5, 0.6) is 5.75 Å². The van der Waals surface area contributed by atoms with Crippen molar-refractivity contribution in [1.29, 1.82) is 0 Å². The molecule has 1 aliphatic heterocycles. The van der Waals surface area contributed by atoms with E-state index < -0.39 is 5.97 Å². The molecule has 1 aromatic carbocycles. The van der Waals surface area contributed by atoms with Gasteiger partial charge in [0.05, 0.1) is 17.9 Å². The Morgan fingerprint density at radius 2 is 2.25 bits per heavy atom.